The molecule has 0 saturated heterocycles. The van der Waals surface area contributed by atoms with Crippen LogP contribution in [-0.4, -0.2) is 54.2 Å². The van der Waals surface area contributed by atoms with Gasteiger partial charge in [0, 0.05) is 25.1 Å². The van der Waals surface area contributed by atoms with Crippen LogP contribution in [0.4, 0.5) is 5.69 Å². The molecule has 0 bridgehead atoms. The minimum Gasteiger partial charge on any atom is -0.497 e. The van der Waals surface area contributed by atoms with Crippen molar-refractivity contribution in [1.29, 1.82) is 0 Å². The number of ether oxygens (including phenoxy) is 4. The number of hydrogen-bond donors (Lipinski definition) is 1. The van der Waals surface area contributed by atoms with Crippen LogP contribution in [0.2, 0.25) is 0 Å². The first kappa shape index (κ1) is 22.5. The van der Waals surface area contributed by atoms with Crippen molar-refractivity contribution in [3.63, 3.8) is 0 Å². The highest BCUT2D eigenvalue weighted by Gasteiger charge is 2.21. The van der Waals surface area contributed by atoms with Gasteiger partial charge in [-0.1, -0.05) is 6.07 Å². The van der Waals surface area contributed by atoms with Gasteiger partial charge in [-0.05, 0) is 30.7 Å². The van der Waals surface area contributed by atoms with Crippen LogP contribution in [0.15, 0.2) is 42.5 Å². The van der Waals surface area contributed by atoms with Gasteiger partial charge in [0.05, 0.1) is 25.6 Å². The average molecular weight is 451 g/mol. The van der Waals surface area contributed by atoms with Crippen molar-refractivity contribution in [2.24, 2.45) is 0 Å². The molecule has 0 aliphatic carbocycles. The number of methoxy groups -OCH3 is 1. The number of fused-ring (bicyclic) bond motifs is 1. The van der Waals surface area contributed by atoms with E-state index < -0.39 is 10.0 Å². The van der Waals surface area contributed by atoms with E-state index >= 15 is 0 Å². The molecule has 1 amide bonds. The second-order valence-corrected chi connectivity index (χ2v) is 8.76. The smallest absolute Gasteiger partial charge is 0.232 e. The second-order valence-electron chi connectivity index (χ2n) is 6.85. The van der Waals surface area contributed by atoms with Gasteiger partial charge in [0.2, 0.25) is 22.7 Å². The summed E-state index contributed by atoms with van der Waals surface area (Å²) in [5.74, 6) is 2.25. The molecule has 0 unspecified atom stereocenters. The zero-order valence-corrected chi connectivity index (χ0v) is 18.3. The Labute approximate surface area is 181 Å². The lowest BCUT2D eigenvalue weighted by Crippen LogP contribution is -2.32. The number of nitrogens with zero attached hydrogens (tertiary/aromatic N) is 1. The molecule has 1 N–H and O–H groups in total. The molecule has 0 saturated carbocycles. The van der Waals surface area contributed by atoms with Crippen LogP contribution in [0.3, 0.4) is 0 Å². The Morgan fingerprint density at radius 3 is 2.68 bits per heavy atom. The third-order valence-corrected chi connectivity index (χ3v) is 5.74. The zero-order chi connectivity index (χ0) is 22.3. The van der Waals surface area contributed by atoms with E-state index in [2.05, 4.69) is 5.32 Å². The van der Waals surface area contributed by atoms with E-state index in [1.54, 1.807) is 37.4 Å². The molecule has 0 atom stereocenters. The summed E-state index contributed by atoms with van der Waals surface area (Å²) < 4.78 is 47.0. The predicted octanol–water partition coefficient (Wildman–Crippen LogP) is 2.17. The third-order valence-electron chi connectivity index (χ3n) is 4.54. The van der Waals surface area contributed by atoms with Crippen molar-refractivity contribution in [3.8, 4) is 23.0 Å². The molecule has 10 heteroatoms. The molecule has 3 rings (SSSR count). The lowest BCUT2D eigenvalue weighted by Gasteiger charge is -2.22. The van der Waals surface area contributed by atoms with Crippen LogP contribution < -0.4 is 28.6 Å². The normalized spacial score (nSPS) is 12.3. The van der Waals surface area contributed by atoms with Gasteiger partial charge in [0.25, 0.3) is 0 Å². The van der Waals surface area contributed by atoms with Gasteiger partial charge >= 0.3 is 0 Å². The van der Waals surface area contributed by atoms with E-state index in [1.807, 2.05) is 12.1 Å². The molecule has 1 aliphatic heterocycles. The summed E-state index contributed by atoms with van der Waals surface area (Å²) in [5.41, 5.74) is 0.471. The number of rotatable bonds is 11. The lowest BCUT2D eigenvalue weighted by molar-refractivity contribution is -0.121. The van der Waals surface area contributed by atoms with Crippen molar-refractivity contribution >= 4 is 21.6 Å². The Balaban J connectivity index is 1.43. The fraction of sp³-hybridized carbons (Fsp3) is 0.381. The number of nitrogens with one attached hydrogen (secondary N) is 1. The van der Waals surface area contributed by atoms with Gasteiger partial charge in [-0.15, -0.1) is 0 Å². The minimum absolute atomic E-state index is 0.110. The molecule has 2 aromatic rings. The van der Waals surface area contributed by atoms with E-state index in [9.17, 15) is 13.2 Å². The maximum Gasteiger partial charge on any atom is 0.232 e. The molecule has 9 nitrogen and oxygen atoms in total. The Bertz CT molecular complexity index is 1010. The Morgan fingerprint density at radius 2 is 1.90 bits per heavy atom. The van der Waals surface area contributed by atoms with Crippen LogP contribution in [-0.2, 0) is 14.8 Å². The fourth-order valence-corrected chi connectivity index (χ4v) is 4.01. The van der Waals surface area contributed by atoms with Crippen LogP contribution in [0.5, 0.6) is 23.0 Å². The quantitative estimate of drug-likeness (QED) is 0.523. The number of carbonyl (C=O) groups is 1. The number of sulfonamides is 1. The molecule has 0 radical (unpaired) electrons. The predicted molar refractivity (Wildman–Crippen MR) is 115 cm³/mol. The molecular weight excluding hydrogens is 424 g/mol. The average Bonchev–Trinajstić information content (AvgIpc) is 3.21. The Hall–Kier alpha value is -3.14. The van der Waals surface area contributed by atoms with Crippen molar-refractivity contribution in [2.45, 2.75) is 12.8 Å². The molecule has 0 aromatic heterocycles. The topological polar surface area (TPSA) is 103 Å². The summed E-state index contributed by atoms with van der Waals surface area (Å²) in [6, 6.07) is 12.2. The molecule has 0 fully saturated rings. The van der Waals surface area contributed by atoms with Crippen LogP contribution in [0.1, 0.15) is 12.8 Å². The molecule has 2 aromatic carbocycles. The summed E-state index contributed by atoms with van der Waals surface area (Å²) in [6.07, 6.45) is 1.69. The maximum atomic E-state index is 12.2. The van der Waals surface area contributed by atoms with Crippen LogP contribution >= 0.6 is 0 Å². The molecule has 1 aliphatic rings. The van der Waals surface area contributed by atoms with E-state index in [0.717, 1.165) is 6.26 Å². The molecule has 1 heterocycles. The first-order valence-electron chi connectivity index (χ1n) is 9.78. The molecule has 0 spiro atoms. The minimum atomic E-state index is -3.52. The molecule has 31 heavy (non-hydrogen) atoms. The van der Waals surface area contributed by atoms with E-state index in [4.69, 9.17) is 18.9 Å². The monoisotopic (exact) mass is 450 g/mol. The summed E-state index contributed by atoms with van der Waals surface area (Å²) in [4.78, 5) is 12.1. The lowest BCUT2D eigenvalue weighted by atomic mass is 10.2. The number of carbonyl (C=O) groups excluding carboxylic acids is 1. The van der Waals surface area contributed by atoms with E-state index in [0.29, 0.717) is 48.3 Å². The Morgan fingerprint density at radius 1 is 1.13 bits per heavy atom. The fourth-order valence-electron chi connectivity index (χ4n) is 3.05. The van der Waals surface area contributed by atoms with Gasteiger partial charge < -0.3 is 24.3 Å². The second kappa shape index (κ2) is 10.3. The number of amides is 1. The maximum absolute atomic E-state index is 12.2. The largest absolute Gasteiger partial charge is 0.497 e. The summed E-state index contributed by atoms with van der Waals surface area (Å²) >= 11 is 0. The van der Waals surface area contributed by atoms with Crippen LogP contribution in [0.25, 0.3) is 0 Å². The van der Waals surface area contributed by atoms with Gasteiger partial charge in [0.1, 0.15) is 18.1 Å². The summed E-state index contributed by atoms with van der Waals surface area (Å²) in [5, 5.41) is 2.77. The van der Waals surface area contributed by atoms with E-state index in [-0.39, 0.29) is 25.7 Å². The van der Waals surface area contributed by atoms with Crippen molar-refractivity contribution in [3.05, 3.63) is 42.5 Å². The molecule has 168 valence electrons. The van der Waals surface area contributed by atoms with Gasteiger partial charge in [-0.3, -0.25) is 9.10 Å². The Kier molecular flexibility index (Phi) is 7.45. The SMILES string of the molecule is COc1cccc(OCCNC(=O)CCCN(c2ccc3c(c2)OCO3)S(C)(=O)=O)c1. The molecular formula is C21H26N2O7S. The first-order valence-corrected chi connectivity index (χ1v) is 11.6. The van der Waals surface area contributed by atoms with Crippen LogP contribution in [0, 0.1) is 0 Å². The highest BCUT2D eigenvalue weighted by atomic mass is 32.2. The van der Waals surface area contributed by atoms with Crippen molar-refractivity contribution < 1.29 is 32.2 Å². The van der Waals surface area contributed by atoms with Gasteiger partial charge in [-0.25, -0.2) is 8.42 Å². The van der Waals surface area contributed by atoms with Gasteiger partial charge in [-0.2, -0.15) is 0 Å². The number of anilines is 1. The number of hydrogen-bond acceptors (Lipinski definition) is 7. The van der Waals surface area contributed by atoms with Crippen molar-refractivity contribution in [1.82, 2.24) is 5.32 Å². The highest BCUT2D eigenvalue weighted by molar-refractivity contribution is 7.92. The number of benzene rings is 2. The third kappa shape index (κ3) is 6.42. The highest BCUT2D eigenvalue weighted by Crippen LogP contribution is 2.36. The summed E-state index contributed by atoms with van der Waals surface area (Å²) in [6.45, 7) is 0.936. The summed E-state index contributed by atoms with van der Waals surface area (Å²) in [7, 11) is -1.94. The zero-order valence-electron chi connectivity index (χ0n) is 17.5. The van der Waals surface area contributed by atoms with E-state index in [1.165, 1.54) is 4.31 Å². The standard InChI is InChI=1S/C21H26N2O7S/c1-27-17-5-3-6-18(14-17)28-12-10-22-21(24)7-4-11-23(31(2,25)26)16-8-9-19-20(13-16)30-15-29-19/h3,5-6,8-9,13-14H,4,7,10-12,15H2,1-2H3,(H,22,24). The first-order chi connectivity index (χ1) is 14.9. The van der Waals surface area contributed by atoms with Gasteiger partial charge in [0.15, 0.2) is 11.5 Å². The van der Waals surface area contributed by atoms with Crippen molar-refractivity contribution in [2.75, 3.05) is 44.2 Å².